The number of benzene rings is 1. The summed E-state index contributed by atoms with van der Waals surface area (Å²) in [7, 11) is 1.88. The quantitative estimate of drug-likeness (QED) is 0.633. The number of thioether (sulfide) groups is 1. The number of carbonyl (C=O) groups excluding carboxylic acids is 1. The van der Waals surface area contributed by atoms with Crippen molar-refractivity contribution < 1.29 is 4.79 Å². The summed E-state index contributed by atoms with van der Waals surface area (Å²) in [5.74, 6) is 0.176. The van der Waals surface area contributed by atoms with Gasteiger partial charge >= 0.3 is 0 Å². The number of nitrogens with zero attached hydrogens (tertiary/aromatic N) is 2. The molecule has 0 bridgehead atoms. The van der Waals surface area contributed by atoms with Gasteiger partial charge in [0.2, 0.25) is 0 Å². The molecule has 3 nitrogen and oxygen atoms in total. The SMILES string of the molecule is Cc1ccc(C)c(C(=O)C(C)Sc2cnn(C)c2)c1. The third-order valence-corrected chi connectivity index (χ3v) is 4.07. The maximum Gasteiger partial charge on any atom is 0.176 e. The van der Waals surface area contributed by atoms with Gasteiger partial charge in [0, 0.05) is 23.7 Å². The highest BCUT2D eigenvalue weighted by Gasteiger charge is 2.18. The Morgan fingerprint density at radius 2 is 2.11 bits per heavy atom. The van der Waals surface area contributed by atoms with Gasteiger partial charge < -0.3 is 0 Å². The van der Waals surface area contributed by atoms with Crippen molar-refractivity contribution in [2.75, 3.05) is 0 Å². The molecule has 1 aromatic heterocycles. The Morgan fingerprint density at radius 3 is 2.74 bits per heavy atom. The van der Waals surface area contributed by atoms with Crippen molar-refractivity contribution in [3.8, 4) is 0 Å². The number of rotatable bonds is 4. The number of ketones is 1. The molecule has 0 aliphatic heterocycles. The van der Waals surface area contributed by atoms with E-state index in [-0.39, 0.29) is 11.0 Å². The van der Waals surface area contributed by atoms with E-state index in [1.165, 1.54) is 0 Å². The highest BCUT2D eigenvalue weighted by molar-refractivity contribution is 8.00. The van der Waals surface area contributed by atoms with E-state index in [1.807, 2.05) is 52.2 Å². The van der Waals surface area contributed by atoms with E-state index < -0.39 is 0 Å². The smallest absolute Gasteiger partial charge is 0.176 e. The van der Waals surface area contributed by atoms with E-state index in [9.17, 15) is 4.79 Å². The molecule has 0 saturated carbocycles. The topological polar surface area (TPSA) is 34.9 Å². The second-order valence-corrected chi connectivity index (χ2v) is 6.21. The third-order valence-electron chi connectivity index (χ3n) is 3.02. The van der Waals surface area contributed by atoms with E-state index in [4.69, 9.17) is 0 Å². The molecule has 0 fully saturated rings. The van der Waals surface area contributed by atoms with Crippen molar-refractivity contribution in [1.29, 1.82) is 0 Å². The van der Waals surface area contributed by atoms with E-state index >= 15 is 0 Å². The maximum atomic E-state index is 12.5. The van der Waals surface area contributed by atoms with Crippen LogP contribution in [0.5, 0.6) is 0 Å². The zero-order chi connectivity index (χ0) is 14.0. The summed E-state index contributed by atoms with van der Waals surface area (Å²) in [4.78, 5) is 13.5. The predicted molar refractivity (Wildman–Crippen MR) is 78.8 cm³/mol. The van der Waals surface area contributed by atoms with Gasteiger partial charge in [0.1, 0.15) is 0 Å². The number of hydrogen-bond acceptors (Lipinski definition) is 3. The van der Waals surface area contributed by atoms with Crippen LogP contribution in [0.1, 0.15) is 28.4 Å². The van der Waals surface area contributed by atoms with Crippen LogP contribution in [0.15, 0.2) is 35.5 Å². The number of aryl methyl sites for hydroxylation is 3. The van der Waals surface area contributed by atoms with Gasteiger partial charge in [0.05, 0.1) is 11.4 Å². The molecule has 2 rings (SSSR count). The zero-order valence-electron chi connectivity index (χ0n) is 11.7. The van der Waals surface area contributed by atoms with Crippen LogP contribution in [-0.4, -0.2) is 20.8 Å². The van der Waals surface area contributed by atoms with Crippen LogP contribution in [0.3, 0.4) is 0 Å². The average molecular weight is 274 g/mol. The monoisotopic (exact) mass is 274 g/mol. The molecule has 4 heteroatoms. The molecule has 0 spiro atoms. The lowest BCUT2D eigenvalue weighted by atomic mass is 10.0. The first-order chi connectivity index (χ1) is 8.97. The van der Waals surface area contributed by atoms with Gasteiger partial charge in [-0.1, -0.05) is 17.7 Å². The summed E-state index contributed by atoms with van der Waals surface area (Å²) >= 11 is 1.55. The molecule has 0 radical (unpaired) electrons. The second kappa shape index (κ2) is 5.61. The molecule has 0 N–H and O–H groups in total. The predicted octanol–water partition coefficient (Wildman–Crippen LogP) is 3.40. The Bertz CT molecular complexity index is 604. The standard InChI is InChI=1S/C15H18N2OS/c1-10-5-6-11(2)14(7-10)15(18)12(3)19-13-8-16-17(4)9-13/h5-9,12H,1-4H3. The molecule has 100 valence electrons. The number of aromatic nitrogens is 2. The fraction of sp³-hybridized carbons (Fsp3) is 0.333. The van der Waals surface area contributed by atoms with Gasteiger partial charge in [-0.25, -0.2) is 0 Å². The molecule has 1 aromatic carbocycles. The molecule has 1 heterocycles. The Balaban J connectivity index is 2.16. The van der Waals surface area contributed by atoms with Crippen LogP contribution in [-0.2, 0) is 7.05 Å². The normalized spacial score (nSPS) is 12.4. The van der Waals surface area contributed by atoms with Crippen molar-refractivity contribution in [2.45, 2.75) is 30.9 Å². The van der Waals surface area contributed by atoms with Crippen LogP contribution in [0.4, 0.5) is 0 Å². The molecular formula is C15H18N2OS. The fourth-order valence-corrected chi connectivity index (χ4v) is 2.90. The summed E-state index contributed by atoms with van der Waals surface area (Å²) in [6.07, 6.45) is 3.72. The van der Waals surface area contributed by atoms with E-state index in [1.54, 1.807) is 22.6 Å². The first-order valence-electron chi connectivity index (χ1n) is 6.24. The average Bonchev–Trinajstić information content (AvgIpc) is 2.77. The first-order valence-corrected chi connectivity index (χ1v) is 7.12. The number of carbonyl (C=O) groups is 1. The largest absolute Gasteiger partial charge is 0.293 e. The molecule has 1 atom stereocenters. The zero-order valence-corrected chi connectivity index (χ0v) is 12.5. The molecule has 0 aliphatic carbocycles. The number of Topliss-reactive ketones (excluding diaryl/α,β-unsaturated/α-hetero) is 1. The lowest BCUT2D eigenvalue weighted by Gasteiger charge is -2.11. The highest BCUT2D eigenvalue weighted by atomic mass is 32.2. The Morgan fingerprint density at radius 1 is 1.37 bits per heavy atom. The molecule has 19 heavy (non-hydrogen) atoms. The molecule has 0 amide bonds. The minimum absolute atomic E-state index is 0.107. The lowest BCUT2D eigenvalue weighted by molar-refractivity contribution is 0.0993. The highest BCUT2D eigenvalue weighted by Crippen LogP contribution is 2.26. The van der Waals surface area contributed by atoms with Crippen molar-refractivity contribution >= 4 is 17.5 Å². The summed E-state index contributed by atoms with van der Waals surface area (Å²) in [5, 5.41) is 4.01. The summed E-state index contributed by atoms with van der Waals surface area (Å²) < 4.78 is 1.75. The summed E-state index contributed by atoms with van der Waals surface area (Å²) in [5.41, 5.74) is 2.98. The van der Waals surface area contributed by atoms with Gasteiger partial charge in [-0.15, -0.1) is 11.8 Å². The minimum atomic E-state index is -0.107. The molecule has 0 aliphatic rings. The van der Waals surface area contributed by atoms with Gasteiger partial charge in [0.25, 0.3) is 0 Å². The summed E-state index contributed by atoms with van der Waals surface area (Å²) in [6.45, 7) is 5.94. The van der Waals surface area contributed by atoms with Gasteiger partial charge in [-0.2, -0.15) is 5.10 Å². The van der Waals surface area contributed by atoms with Crippen LogP contribution in [0.2, 0.25) is 0 Å². The lowest BCUT2D eigenvalue weighted by Crippen LogP contribution is -2.14. The van der Waals surface area contributed by atoms with Gasteiger partial charge in [-0.3, -0.25) is 9.48 Å². The van der Waals surface area contributed by atoms with Gasteiger partial charge in [0.15, 0.2) is 5.78 Å². The maximum absolute atomic E-state index is 12.5. The molecule has 0 saturated heterocycles. The van der Waals surface area contributed by atoms with Crippen molar-refractivity contribution in [2.24, 2.45) is 7.05 Å². The second-order valence-electron chi connectivity index (χ2n) is 4.79. The van der Waals surface area contributed by atoms with Crippen molar-refractivity contribution in [3.05, 3.63) is 47.3 Å². The summed E-state index contributed by atoms with van der Waals surface area (Å²) in [6, 6.07) is 6.01. The Hall–Kier alpha value is -1.55. The Kier molecular flexibility index (Phi) is 4.10. The minimum Gasteiger partial charge on any atom is -0.293 e. The molecule has 2 aromatic rings. The fourth-order valence-electron chi connectivity index (χ4n) is 1.94. The van der Waals surface area contributed by atoms with E-state index in [2.05, 4.69) is 5.10 Å². The van der Waals surface area contributed by atoms with Crippen LogP contribution in [0, 0.1) is 13.8 Å². The van der Waals surface area contributed by atoms with Crippen LogP contribution < -0.4 is 0 Å². The molecular weight excluding hydrogens is 256 g/mol. The molecule has 1 unspecified atom stereocenters. The first kappa shape index (κ1) is 13.9. The van der Waals surface area contributed by atoms with E-state index in [0.29, 0.717) is 0 Å². The van der Waals surface area contributed by atoms with Crippen molar-refractivity contribution in [1.82, 2.24) is 9.78 Å². The van der Waals surface area contributed by atoms with Gasteiger partial charge in [-0.05, 0) is 32.4 Å². The number of hydrogen-bond donors (Lipinski definition) is 0. The van der Waals surface area contributed by atoms with Crippen molar-refractivity contribution in [3.63, 3.8) is 0 Å². The third kappa shape index (κ3) is 3.26. The van der Waals surface area contributed by atoms with E-state index in [0.717, 1.165) is 21.6 Å². The van der Waals surface area contributed by atoms with Crippen LogP contribution >= 0.6 is 11.8 Å². The Labute approximate surface area is 118 Å². The van der Waals surface area contributed by atoms with Crippen LogP contribution in [0.25, 0.3) is 0 Å².